The molecule has 0 aliphatic heterocycles. The van der Waals surface area contributed by atoms with E-state index >= 15 is 0 Å². The van der Waals surface area contributed by atoms with Crippen LogP contribution in [0, 0.1) is 0 Å². The molecule has 1 aliphatic rings. The fraction of sp³-hybridized carbons (Fsp3) is 0.500. The van der Waals surface area contributed by atoms with E-state index in [2.05, 4.69) is 4.79 Å². The number of methoxy groups -OCH3 is 2. The summed E-state index contributed by atoms with van der Waals surface area (Å²) in [5, 5.41) is 13.5. The molecule has 0 heterocycles. The summed E-state index contributed by atoms with van der Waals surface area (Å²) in [5.41, 5.74) is 9.40. The molecule has 0 saturated heterocycles. The largest absolute Gasteiger partial charge is 1.00 e. The Morgan fingerprint density at radius 3 is 2.19 bits per heavy atom. The molecule has 1 aromatic carbocycles. The Hall–Kier alpha value is -1.03. The van der Waals surface area contributed by atoms with Crippen molar-refractivity contribution in [1.82, 2.24) is 0 Å². The van der Waals surface area contributed by atoms with Crippen LogP contribution in [0.5, 0.6) is 11.5 Å². The monoisotopic (exact) mass is 298 g/mol. The maximum absolute atomic E-state index is 13.1. The van der Waals surface area contributed by atoms with E-state index in [1.54, 1.807) is 13.2 Å². The van der Waals surface area contributed by atoms with Crippen molar-refractivity contribution in [1.29, 1.82) is 0 Å². The molecular weight excluding hydrogens is 279 g/mol. The third-order valence-corrected chi connectivity index (χ3v) is 5.60. The van der Waals surface area contributed by atoms with Gasteiger partial charge in [-0.1, -0.05) is 19.6 Å². The van der Waals surface area contributed by atoms with Gasteiger partial charge in [0.1, 0.15) is 0 Å². The van der Waals surface area contributed by atoms with Gasteiger partial charge >= 0.3 is 18.9 Å². The minimum absolute atomic E-state index is 0. The van der Waals surface area contributed by atoms with E-state index in [0.29, 0.717) is 28.8 Å². The van der Waals surface area contributed by atoms with Gasteiger partial charge in [0, 0.05) is 5.60 Å². The molecule has 0 radical (unpaired) electrons. The molecule has 21 heavy (non-hydrogen) atoms. The second kappa shape index (κ2) is 6.00. The maximum Gasteiger partial charge on any atom is 1.00 e. The van der Waals surface area contributed by atoms with E-state index < -0.39 is 13.7 Å². The molecule has 7 heteroatoms. The zero-order valence-electron chi connectivity index (χ0n) is 13.5. The number of fused-ring (bicyclic) bond motifs is 1. The van der Waals surface area contributed by atoms with Crippen molar-refractivity contribution in [2.45, 2.75) is 31.7 Å². The van der Waals surface area contributed by atoms with Crippen LogP contribution in [0.4, 0.5) is 0 Å². The van der Waals surface area contributed by atoms with Crippen molar-refractivity contribution >= 4 is 13.4 Å². The van der Waals surface area contributed by atoms with Gasteiger partial charge in [0.2, 0.25) is 5.33 Å². The van der Waals surface area contributed by atoms with E-state index in [-0.39, 0.29) is 18.9 Å². The Morgan fingerprint density at radius 2 is 1.76 bits per heavy atom. The van der Waals surface area contributed by atoms with E-state index in [0.717, 1.165) is 5.56 Å². The average Bonchev–Trinajstić information content (AvgIpc) is 2.36. The Labute approximate surface area is 138 Å². The van der Waals surface area contributed by atoms with E-state index in [9.17, 15) is 10.6 Å². The van der Waals surface area contributed by atoms with Crippen molar-refractivity contribution in [3.8, 4) is 11.5 Å². The van der Waals surface area contributed by atoms with Crippen molar-refractivity contribution in [2.24, 2.45) is 0 Å². The normalized spacial score (nSPS) is 19.5. The number of ether oxygens (including phenoxy) is 2. The Balaban J connectivity index is 0.00000220. The summed E-state index contributed by atoms with van der Waals surface area (Å²) < 4.78 is 10.5. The van der Waals surface area contributed by atoms with Gasteiger partial charge in [-0.25, -0.2) is 0 Å². The predicted molar refractivity (Wildman–Crippen MR) is 76.9 cm³/mol. The number of benzene rings is 1. The topological polar surface area (TPSA) is 77.9 Å². The number of hydrogen-bond acceptors (Lipinski definition) is 3. The van der Waals surface area contributed by atoms with Gasteiger partial charge in [-0.05, 0) is 29.7 Å². The summed E-state index contributed by atoms with van der Waals surface area (Å²) in [7, 11) is 1.11. The van der Waals surface area contributed by atoms with Crippen LogP contribution in [0.25, 0.3) is 5.53 Å². The molecule has 2 rings (SSSR count). The smallest absolute Gasteiger partial charge is 0.838 e. The van der Waals surface area contributed by atoms with Crippen molar-refractivity contribution < 1.29 is 38.2 Å². The predicted octanol–water partition coefficient (Wildman–Crippen LogP) is -1.63. The Morgan fingerprint density at radius 1 is 1.24 bits per heavy atom. The summed E-state index contributed by atoms with van der Waals surface area (Å²) in [6.07, 6.45) is 0.326. The molecule has 0 saturated carbocycles. The summed E-state index contributed by atoms with van der Waals surface area (Å²) in [6.45, 7) is 6.00. The molecule has 0 aromatic heterocycles. The first-order chi connectivity index (χ1) is 9.27. The van der Waals surface area contributed by atoms with Crippen LogP contribution in [-0.2, 0) is 12.0 Å². The van der Waals surface area contributed by atoms with Crippen molar-refractivity contribution in [2.75, 3.05) is 14.2 Å². The maximum atomic E-state index is 13.1. The Kier molecular flexibility index (Phi) is 5.15. The second-order valence-electron chi connectivity index (χ2n) is 6.07. The zero-order chi connectivity index (χ0) is 15.1. The molecule has 0 N–H and O–H groups in total. The number of rotatable bonds is 4. The van der Waals surface area contributed by atoms with Gasteiger partial charge in [-0.2, -0.15) is 4.79 Å². The van der Waals surface area contributed by atoms with Crippen LogP contribution >= 0.6 is 0 Å². The van der Waals surface area contributed by atoms with Crippen LogP contribution in [0.1, 0.15) is 11.1 Å². The SMILES string of the molecule is COc1cc2c(cc1OC)C([O-])(C(=[N+]=[N-])[Si](C)(C)C)C2.[Li+]. The molecule has 1 unspecified atom stereocenters. The van der Waals surface area contributed by atoms with Gasteiger partial charge in [0.25, 0.3) is 0 Å². The first-order valence-electron chi connectivity index (χ1n) is 6.46. The molecular formula is C14H19LiN2O3Si. The summed E-state index contributed by atoms with van der Waals surface area (Å²) in [5.74, 6) is 1.14. The number of hydrogen-bond donors (Lipinski definition) is 0. The van der Waals surface area contributed by atoms with Crippen LogP contribution in [0.2, 0.25) is 19.6 Å². The van der Waals surface area contributed by atoms with Crippen LogP contribution in [0.3, 0.4) is 0 Å². The molecule has 5 nitrogen and oxygen atoms in total. The van der Waals surface area contributed by atoms with Gasteiger partial charge in [0.05, 0.1) is 14.2 Å². The quantitative estimate of drug-likeness (QED) is 0.290. The van der Waals surface area contributed by atoms with Gasteiger partial charge < -0.3 is 20.1 Å². The summed E-state index contributed by atoms with van der Waals surface area (Å²) >= 11 is 0. The second-order valence-corrected chi connectivity index (χ2v) is 11.0. The van der Waals surface area contributed by atoms with Gasteiger partial charge in [-0.3, -0.25) is 0 Å². The third kappa shape index (κ3) is 2.83. The summed E-state index contributed by atoms with van der Waals surface area (Å²) in [4.78, 5) is 3.34. The molecule has 0 bridgehead atoms. The first kappa shape index (κ1) is 18.0. The minimum atomic E-state index is -1.99. The molecule has 0 amide bonds. The van der Waals surface area contributed by atoms with E-state index in [4.69, 9.17) is 9.47 Å². The minimum Gasteiger partial charge on any atom is -0.838 e. The molecule has 1 aromatic rings. The molecule has 0 spiro atoms. The number of nitrogens with zero attached hydrogens (tertiary/aromatic N) is 2. The molecule has 1 aliphatic carbocycles. The van der Waals surface area contributed by atoms with Crippen LogP contribution in [-0.4, -0.2) is 32.4 Å². The zero-order valence-corrected chi connectivity index (χ0v) is 14.5. The van der Waals surface area contributed by atoms with Crippen molar-refractivity contribution in [3.05, 3.63) is 28.8 Å². The van der Waals surface area contributed by atoms with Crippen LogP contribution < -0.4 is 33.4 Å². The molecule has 1 atom stereocenters. The summed E-state index contributed by atoms with van der Waals surface area (Å²) in [6, 6.07) is 3.53. The third-order valence-electron chi connectivity index (χ3n) is 3.68. The first-order valence-corrected chi connectivity index (χ1v) is 9.96. The van der Waals surface area contributed by atoms with Gasteiger partial charge in [0.15, 0.2) is 19.6 Å². The van der Waals surface area contributed by atoms with E-state index in [1.165, 1.54) is 7.11 Å². The fourth-order valence-corrected chi connectivity index (χ4v) is 4.48. The average molecular weight is 298 g/mol. The molecule has 0 fully saturated rings. The van der Waals surface area contributed by atoms with Crippen LogP contribution in [0.15, 0.2) is 12.1 Å². The van der Waals surface area contributed by atoms with E-state index in [1.807, 2.05) is 25.7 Å². The van der Waals surface area contributed by atoms with Crippen molar-refractivity contribution in [3.63, 3.8) is 0 Å². The Bertz CT molecular complexity index is 609. The molecule has 108 valence electrons. The fourth-order valence-electron chi connectivity index (χ4n) is 2.75. The van der Waals surface area contributed by atoms with Gasteiger partial charge in [-0.15, -0.1) is 0 Å². The standard InChI is InChI=1S/C14H19N2O3Si.Li/c1-18-11-6-9-8-14(17,10(9)7-12(11)19-2)13(16-15)20(3,4)5;/h6-7H,8H2,1-5H3;/q-1;+1.